The Hall–Kier alpha value is -3.30. The van der Waals surface area contributed by atoms with Crippen molar-refractivity contribution in [1.29, 1.82) is 0 Å². The van der Waals surface area contributed by atoms with Gasteiger partial charge < -0.3 is 30.1 Å². The molecule has 2 atom stereocenters. The third-order valence-electron chi connectivity index (χ3n) is 5.70. The fourth-order valence-corrected chi connectivity index (χ4v) is 3.79. The van der Waals surface area contributed by atoms with Crippen molar-refractivity contribution < 1.29 is 33.8 Å². The summed E-state index contributed by atoms with van der Waals surface area (Å²) in [5, 5.41) is 16.3. The van der Waals surface area contributed by atoms with Crippen molar-refractivity contribution in [3.63, 3.8) is 0 Å². The van der Waals surface area contributed by atoms with Crippen molar-refractivity contribution in [3.05, 3.63) is 29.3 Å². The minimum Gasteiger partial charge on any atom is -0.507 e. The molecule has 0 fully saturated rings. The number of alkyl carbamates (subject to hydrolysis) is 1. The molecule has 0 radical (unpaired) electrons. The summed E-state index contributed by atoms with van der Waals surface area (Å²) in [5.74, 6) is -1.92. The van der Waals surface area contributed by atoms with Crippen LogP contribution >= 0.6 is 0 Å². The lowest BCUT2D eigenvalue weighted by Gasteiger charge is -2.36. The molecule has 1 aromatic carbocycles. The summed E-state index contributed by atoms with van der Waals surface area (Å²) in [7, 11) is 0. The molecule has 0 saturated carbocycles. The number of esters is 1. The average Bonchev–Trinajstić information content (AvgIpc) is 2.80. The monoisotopic (exact) mass is 535 g/mol. The largest absolute Gasteiger partial charge is 0.507 e. The number of benzene rings is 1. The maximum absolute atomic E-state index is 14.0. The van der Waals surface area contributed by atoms with Gasteiger partial charge in [-0.15, -0.1) is 0 Å². The minimum atomic E-state index is -1.20. The van der Waals surface area contributed by atoms with Gasteiger partial charge in [-0.1, -0.05) is 45.4 Å². The first-order valence-corrected chi connectivity index (χ1v) is 13.2. The number of amides is 3. The van der Waals surface area contributed by atoms with Crippen LogP contribution in [0.4, 0.5) is 4.79 Å². The molecule has 0 spiro atoms. The lowest BCUT2D eigenvalue weighted by molar-refractivity contribution is -0.145. The number of hydrogen-bond donors (Lipinski definition) is 3. The van der Waals surface area contributed by atoms with E-state index < -0.39 is 41.6 Å². The number of unbranched alkanes of at least 4 members (excludes halogenated alkanes) is 1. The number of para-hydroxylation sites is 1. The van der Waals surface area contributed by atoms with E-state index in [-0.39, 0.29) is 43.3 Å². The van der Waals surface area contributed by atoms with Crippen LogP contribution in [0.3, 0.4) is 0 Å². The van der Waals surface area contributed by atoms with E-state index in [1.165, 1.54) is 4.90 Å². The van der Waals surface area contributed by atoms with E-state index in [9.17, 15) is 24.3 Å². The third kappa shape index (κ3) is 10.2. The highest BCUT2D eigenvalue weighted by Crippen LogP contribution is 2.33. The summed E-state index contributed by atoms with van der Waals surface area (Å²) in [6.07, 6.45) is 0.548. The molecule has 3 amide bonds. The molecule has 0 aromatic heterocycles. The zero-order chi connectivity index (χ0) is 29.0. The first-order chi connectivity index (χ1) is 17.7. The van der Waals surface area contributed by atoms with Crippen LogP contribution in [0.25, 0.3) is 0 Å². The van der Waals surface area contributed by atoms with Crippen molar-refractivity contribution in [1.82, 2.24) is 15.5 Å². The number of aryl methyl sites for hydroxylation is 1. The van der Waals surface area contributed by atoms with Crippen LogP contribution in [-0.2, 0) is 23.9 Å². The van der Waals surface area contributed by atoms with Gasteiger partial charge in [0.25, 0.3) is 0 Å². The quantitative estimate of drug-likeness (QED) is 0.325. The predicted octanol–water partition coefficient (Wildman–Crippen LogP) is 3.99. The van der Waals surface area contributed by atoms with Gasteiger partial charge in [0, 0.05) is 18.7 Å². The van der Waals surface area contributed by atoms with Gasteiger partial charge in [-0.05, 0) is 52.5 Å². The van der Waals surface area contributed by atoms with Crippen LogP contribution in [0.5, 0.6) is 5.75 Å². The van der Waals surface area contributed by atoms with Crippen LogP contribution in [0, 0.1) is 12.8 Å². The zero-order valence-corrected chi connectivity index (χ0v) is 24.1. The Labute approximate surface area is 226 Å². The smallest absolute Gasteiger partial charge is 0.408 e. The van der Waals surface area contributed by atoms with Crippen LogP contribution in [0.1, 0.15) is 84.9 Å². The highest BCUT2D eigenvalue weighted by Gasteiger charge is 2.38. The molecule has 0 aliphatic carbocycles. The number of phenols is 1. The molecule has 214 valence electrons. The number of hydrogen-bond acceptors (Lipinski definition) is 7. The molecular formula is C28H45N3O7. The first-order valence-electron chi connectivity index (χ1n) is 13.2. The Morgan fingerprint density at radius 2 is 1.76 bits per heavy atom. The molecule has 2 unspecified atom stereocenters. The maximum Gasteiger partial charge on any atom is 0.408 e. The summed E-state index contributed by atoms with van der Waals surface area (Å²) in [6.45, 7) is 14.5. The molecule has 0 saturated heterocycles. The number of nitrogens with one attached hydrogen (secondary N) is 2. The van der Waals surface area contributed by atoms with Crippen LogP contribution in [0.2, 0.25) is 0 Å². The normalized spacial score (nSPS) is 12.9. The summed E-state index contributed by atoms with van der Waals surface area (Å²) >= 11 is 0. The van der Waals surface area contributed by atoms with Crippen molar-refractivity contribution in [2.45, 2.75) is 92.3 Å². The SMILES string of the molecule is CCCCN(C(=O)C(NC(=O)OC(C)(C)C)C(C)C)C(C(=O)NCCC(=O)OCC)c1cccc(C)c1O. The number of carbonyl (C=O) groups excluding carboxylic acids is 4. The maximum atomic E-state index is 14.0. The lowest BCUT2D eigenvalue weighted by Crippen LogP contribution is -2.55. The molecule has 38 heavy (non-hydrogen) atoms. The molecule has 10 heteroatoms. The van der Waals surface area contributed by atoms with Gasteiger partial charge in [-0.25, -0.2) is 4.79 Å². The first kappa shape index (κ1) is 32.7. The van der Waals surface area contributed by atoms with Crippen molar-refractivity contribution in [2.24, 2.45) is 5.92 Å². The number of rotatable bonds is 13. The second-order valence-corrected chi connectivity index (χ2v) is 10.5. The average molecular weight is 536 g/mol. The fourth-order valence-electron chi connectivity index (χ4n) is 3.79. The molecule has 0 heterocycles. The molecular weight excluding hydrogens is 490 g/mol. The van der Waals surface area contributed by atoms with E-state index in [0.717, 1.165) is 6.42 Å². The van der Waals surface area contributed by atoms with E-state index >= 15 is 0 Å². The third-order valence-corrected chi connectivity index (χ3v) is 5.70. The van der Waals surface area contributed by atoms with Gasteiger partial charge in [-0.3, -0.25) is 14.4 Å². The molecule has 3 N–H and O–H groups in total. The number of nitrogens with zero attached hydrogens (tertiary/aromatic N) is 1. The van der Waals surface area contributed by atoms with E-state index in [4.69, 9.17) is 9.47 Å². The summed E-state index contributed by atoms with van der Waals surface area (Å²) in [4.78, 5) is 53.3. The van der Waals surface area contributed by atoms with Gasteiger partial charge in [0.1, 0.15) is 23.4 Å². The molecule has 0 aliphatic heterocycles. The zero-order valence-electron chi connectivity index (χ0n) is 24.1. The van der Waals surface area contributed by atoms with Gasteiger partial charge in [0.2, 0.25) is 11.8 Å². The Bertz CT molecular complexity index is 956. The van der Waals surface area contributed by atoms with Crippen LogP contribution < -0.4 is 10.6 Å². The van der Waals surface area contributed by atoms with Crippen molar-refractivity contribution in [3.8, 4) is 5.75 Å². The second-order valence-electron chi connectivity index (χ2n) is 10.5. The Kier molecular flexibility index (Phi) is 13.1. The second kappa shape index (κ2) is 15.2. The number of carbonyl (C=O) groups is 4. The lowest BCUT2D eigenvalue weighted by atomic mass is 9.96. The topological polar surface area (TPSA) is 134 Å². The van der Waals surface area contributed by atoms with Gasteiger partial charge in [0.05, 0.1) is 13.0 Å². The number of phenolic OH excluding ortho intramolecular Hbond substituents is 1. The molecule has 1 rings (SSSR count). The molecule has 0 aliphatic rings. The van der Waals surface area contributed by atoms with E-state index in [0.29, 0.717) is 12.0 Å². The Morgan fingerprint density at radius 1 is 1.11 bits per heavy atom. The van der Waals surface area contributed by atoms with Crippen LogP contribution in [-0.4, -0.2) is 65.2 Å². The molecule has 1 aromatic rings. The Morgan fingerprint density at radius 3 is 2.32 bits per heavy atom. The van der Waals surface area contributed by atoms with E-state index in [1.807, 2.05) is 6.92 Å². The number of ether oxygens (including phenoxy) is 2. The minimum absolute atomic E-state index is 0.000318. The van der Waals surface area contributed by atoms with E-state index in [1.54, 1.807) is 66.7 Å². The summed E-state index contributed by atoms with van der Waals surface area (Å²) in [6, 6.07) is 2.81. The number of aromatic hydroxyl groups is 1. The highest BCUT2D eigenvalue weighted by atomic mass is 16.6. The van der Waals surface area contributed by atoms with Crippen molar-refractivity contribution >= 4 is 23.9 Å². The highest BCUT2D eigenvalue weighted by molar-refractivity contribution is 5.93. The predicted molar refractivity (Wildman–Crippen MR) is 144 cm³/mol. The van der Waals surface area contributed by atoms with Gasteiger partial charge >= 0.3 is 12.1 Å². The summed E-state index contributed by atoms with van der Waals surface area (Å²) < 4.78 is 10.3. The fraction of sp³-hybridized carbons (Fsp3) is 0.643. The Balaban J connectivity index is 3.45. The molecule has 10 nitrogen and oxygen atoms in total. The standard InChI is InChI=1S/C28H45N3O7/c1-9-11-17-31(26(35)22(18(3)4)30-27(36)38-28(6,7)8)23(20-14-12-13-19(5)24(20)33)25(34)29-16-15-21(32)37-10-2/h12-14,18,22-23,33H,9-11,15-17H2,1-8H3,(H,29,34)(H,30,36). The van der Waals surface area contributed by atoms with Gasteiger partial charge in [-0.2, -0.15) is 0 Å². The van der Waals surface area contributed by atoms with Crippen LogP contribution in [0.15, 0.2) is 18.2 Å². The summed E-state index contributed by atoms with van der Waals surface area (Å²) in [5.41, 5.74) is 0.0375. The van der Waals surface area contributed by atoms with Gasteiger partial charge in [0.15, 0.2) is 0 Å². The molecule has 0 bridgehead atoms. The van der Waals surface area contributed by atoms with E-state index in [2.05, 4.69) is 10.6 Å². The van der Waals surface area contributed by atoms with Crippen molar-refractivity contribution in [2.75, 3.05) is 19.7 Å².